The van der Waals surface area contributed by atoms with Crippen molar-refractivity contribution in [3.05, 3.63) is 35.4 Å². The van der Waals surface area contributed by atoms with Crippen LogP contribution < -0.4 is 5.32 Å². The largest absolute Gasteiger partial charge is 0.313 e. The van der Waals surface area contributed by atoms with Gasteiger partial charge < -0.3 is 5.32 Å². The molecule has 1 saturated heterocycles. The van der Waals surface area contributed by atoms with E-state index in [1.54, 1.807) is 0 Å². The lowest BCUT2D eigenvalue weighted by molar-refractivity contribution is 0.141. The van der Waals surface area contributed by atoms with E-state index in [4.69, 9.17) is 0 Å². The monoisotopic (exact) mass is 288 g/mol. The van der Waals surface area contributed by atoms with E-state index in [2.05, 4.69) is 62.2 Å². The first kappa shape index (κ1) is 16.5. The second-order valence-corrected chi connectivity index (χ2v) is 7.30. The van der Waals surface area contributed by atoms with E-state index in [9.17, 15) is 0 Å². The molecule has 1 aromatic rings. The SMILES string of the molecule is Cc1ccccc1CN1CC(C)CC(NCCC(C)C)C1. The number of hydrogen-bond donors (Lipinski definition) is 1. The lowest BCUT2D eigenvalue weighted by atomic mass is 9.95. The van der Waals surface area contributed by atoms with Crippen molar-refractivity contribution in [3.8, 4) is 0 Å². The standard InChI is InChI=1S/C19H32N2/c1-15(2)9-10-20-19-11-16(3)12-21(14-19)13-18-8-6-5-7-17(18)4/h5-8,15-16,19-20H,9-14H2,1-4H3. The highest BCUT2D eigenvalue weighted by atomic mass is 15.2. The quantitative estimate of drug-likeness (QED) is 0.855. The Labute approximate surface area is 130 Å². The number of hydrogen-bond acceptors (Lipinski definition) is 2. The number of nitrogens with one attached hydrogen (secondary N) is 1. The van der Waals surface area contributed by atoms with Crippen LogP contribution >= 0.6 is 0 Å². The van der Waals surface area contributed by atoms with E-state index in [1.807, 2.05) is 0 Å². The number of rotatable bonds is 6. The van der Waals surface area contributed by atoms with Crippen LogP contribution in [0.4, 0.5) is 0 Å². The van der Waals surface area contributed by atoms with Gasteiger partial charge >= 0.3 is 0 Å². The van der Waals surface area contributed by atoms with Crippen LogP contribution in [-0.4, -0.2) is 30.6 Å². The molecule has 0 bridgehead atoms. The Morgan fingerprint density at radius 1 is 1.24 bits per heavy atom. The molecule has 1 aromatic carbocycles. The van der Waals surface area contributed by atoms with Crippen LogP contribution in [0.5, 0.6) is 0 Å². The van der Waals surface area contributed by atoms with Gasteiger partial charge in [0.1, 0.15) is 0 Å². The minimum atomic E-state index is 0.663. The fourth-order valence-electron chi connectivity index (χ4n) is 3.34. The van der Waals surface area contributed by atoms with Gasteiger partial charge in [0.2, 0.25) is 0 Å². The van der Waals surface area contributed by atoms with E-state index >= 15 is 0 Å². The molecule has 1 N–H and O–H groups in total. The molecule has 1 aliphatic rings. The number of piperidine rings is 1. The van der Waals surface area contributed by atoms with Gasteiger partial charge in [0.15, 0.2) is 0 Å². The summed E-state index contributed by atoms with van der Waals surface area (Å²) in [5, 5.41) is 3.77. The first-order valence-corrected chi connectivity index (χ1v) is 8.55. The summed E-state index contributed by atoms with van der Waals surface area (Å²) in [6.07, 6.45) is 2.60. The zero-order valence-electron chi connectivity index (χ0n) is 14.2. The Balaban J connectivity index is 1.87. The highest BCUT2D eigenvalue weighted by Gasteiger charge is 2.24. The van der Waals surface area contributed by atoms with Crippen LogP contribution in [0.1, 0.15) is 44.7 Å². The molecule has 2 heteroatoms. The summed E-state index contributed by atoms with van der Waals surface area (Å²) in [5.41, 5.74) is 2.90. The van der Waals surface area contributed by atoms with Gasteiger partial charge in [-0.3, -0.25) is 4.90 Å². The Hall–Kier alpha value is -0.860. The smallest absolute Gasteiger partial charge is 0.0237 e. The van der Waals surface area contributed by atoms with Crippen molar-refractivity contribution in [1.82, 2.24) is 10.2 Å². The van der Waals surface area contributed by atoms with Crippen LogP contribution in [0.15, 0.2) is 24.3 Å². The van der Waals surface area contributed by atoms with Crippen LogP contribution in [0.25, 0.3) is 0 Å². The number of aryl methyl sites for hydroxylation is 1. The molecule has 118 valence electrons. The van der Waals surface area contributed by atoms with Gasteiger partial charge in [-0.2, -0.15) is 0 Å². The first-order chi connectivity index (χ1) is 10.0. The van der Waals surface area contributed by atoms with Crippen molar-refractivity contribution in [2.24, 2.45) is 11.8 Å². The van der Waals surface area contributed by atoms with E-state index in [1.165, 1.54) is 37.1 Å². The predicted octanol–water partition coefficient (Wildman–Crippen LogP) is 3.84. The zero-order chi connectivity index (χ0) is 15.2. The second-order valence-electron chi connectivity index (χ2n) is 7.30. The lowest BCUT2D eigenvalue weighted by Crippen LogP contribution is -2.48. The van der Waals surface area contributed by atoms with Gasteiger partial charge in [0.25, 0.3) is 0 Å². The molecule has 2 unspecified atom stereocenters. The van der Waals surface area contributed by atoms with Gasteiger partial charge in [0.05, 0.1) is 0 Å². The van der Waals surface area contributed by atoms with E-state index in [-0.39, 0.29) is 0 Å². The molecule has 2 nitrogen and oxygen atoms in total. The molecule has 0 spiro atoms. The molecular formula is C19H32N2. The molecule has 1 aliphatic heterocycles. The van der Waals surface area contributed by atoms with Gasteiger partial charge in [0, 0.05) is 25.7 Å². The molecule has 0 aromatic heterocycles. The summed E-state index contributed by atoms with van der Waals surface area (Å²) in [4.78, 5) is 2.63. The second kappa shape index (κ2) is 7.95. The summed E-state index contributed by atoms with van der Waals surface area (Å²) in [5.74, 6) is 1.58. The van der Waals surface area contributed by atoms with E-state index in [0.29, 0.717) is 6.04 Å². The van der Waals surface area contributed by atoms with Crippen LogP contribution in [0.2, 0.25) is 0 Å². The van der Waals surface area contributed by atoms with E-state index < -0.39 is 0 Å². The van der Waals surface area contributed by atoms with Gasteiger partial charge in [-0.1, -0.05) is 45.0 Å². The third-order valence-corrected chi connectivity index (χ3v) is 4.55. The molecule has 0 saturated carbocycles. The summed E-state index contributed by atoms with van der Waals surface area (Å²) in [6.45, 7) is 13.9. The molecule has 21 heavy (non-hydrogen) atoms. The van der Waals surface area contributed by atoms with Gasteiger partial charge in [-0.15, -0.1) is 0 Å². The Kier molecular flexibility index (Phi) is 6.25. The van der Waals surface area contributed by atoms with Crippen LogP contribution in [0.3, 0.4) is 0 Å². The molecule has 0 amide bonds. The van der Waals surface area contributed by atoms with Crippen LogP contribution in [0, 0.1) is 18.8 Å². The summed E-state index contributed by atoms with van der Waals surface area (Å²) < 4.78 is 0. The number of nitrogens with zero attached hydrogens (tertiary/aromatic N) is 1. The van der Waals surface area contributed by atoms with Crippen molar-refractivity contribution in [2.45, 2.75) is 53.1 Å². The van der Waals surface area contributed by atoms with Gasteiger partial charge in [-0.25, -0.2) is 0 Å². The molecular weight excluding hydrogens is 256 g/mol. The third kappa shape index (κ3) is 5.44. The Bertz CT molecular complexity index is 427. The molecule has 2 atom stereocenters. The maximum absolute atomic E-state index is 3.77. The van der Waals surface area contributed by atoms with Crippen molar-refractivity contribution in [1.29, 1.82) is 0 Å². The van der Waals surface area contributed by atoms with E-state index in [0.717, 1.165) is 24.9 Å². The molecule has 0 aliphatic carbocycles. The Morgan fingerprint density at radius 2 is 2.00 bits per heavy atom. The fraction of sp³-hybridized carbons (Fsp3) is 0.684. The Morgan fingerprint density at radius 3 is 2.71 bits per heavy atom. The number of likely N-dealkylation sites (tertiary alicyclic amines) is 1. The molecule has 1 heterocycles. The summed E-state index contributed by atoms with van der Waals surface area (Å²) >= 11 is 0. The molecule has 1 fully saturated rings. The third-order valence-electron chi connectivity index (χ3n) is 4.55. The highest BCUT2D eigenvalue weighted by Crippen LogP contribution is 2.20. The first-order valence-electron chi connectivity index (χ1n) is 8.55. The molecule has 2 rings (SSSR count). The highest BCUT2D eigenvalue weighted by molar-refractivity contribution is 5.25. The van der Waals surface area contributed by atoms with Crippen molar-refractivity contribution < 1.29 is 0 Å². The van der Waals surface area contributed by atoms with Crippen molar-refractivity contribution in [3.63, 3.8) is 0 Å². The topological polar surface area (TPSA) is 15.3 Å². The average Bonchev–Trinajstić information content (AvgIpc) is 2.40. The van der Waals surface area contributed by atoms with Crippen molar-refractivity contribution >= 4 is 0 Å². The lowest BCUT2D eigenvalue weighted by Gasteiger charge is -2.37. The average molecular weight is 288 g/mol. The van der Waals surface area contributed by atoms with Gasteiger partial charge in [-0.05, 0) is 49.3 Å². The minimum Gasteiger partial charge on any atom is -0.313 e. The maximum Gasteiger partial charge on any atom is 0.0237 e. The van der Waals surface area contributed by atoms with Crippen molar-refractivity contribution in [2.75, 3.05) is 19.6 Å². The normalized spacial score (nSPS) is 23.7. The predicted molar refractivity (Wildman–Crippen MR) is 91.5 cm³/mol. The van der Waals surface area contributed by atoms with Crippen LogP contribution in [-0.2, 0) is 6.54 Å². The zero-order valence-corrected chi connectivity index (χ0v) is 14.2. The summed E-state index contributed by atoms with van der Waals surface area (Å²) in [6, 6.07) is 9.45. The maximum atomic E-state index is 3.77. The molecule has 0 radical (unpaired) electrons. The summed E-state index contributed by atoms with van der Waals surface area (Å²) in [7, 11) is 0. The number of benzene rings is 1. The minimum absolute atomic E-state index is 0.663. The fourth-order valence-corrected chi connectivity index (χ4v) is 3.34.